The van der Waals surface area contributed by atoms with Crippen molar-refractivity contribution in [2.24, 2.45) is 0 Å². The van der Waals surface area contributed by atoms with Gasteiger partial charge < -0.3 is 25.0 Å². The number of carbonyl (C=O) groups is 1. The van der Waals surface area contributed by atoms with E-state index in [0.29, 0.717) is 17.2 Å². The second-order valence-electron chi connectivity index (χ2n) is 7.45. The smallest absolute Gasteiger partial charge is 0.269 e. The monoisotopic (exact) mass is 461 g/mol. The number of carbonyl (C=O) groups excluding carboxylic acids is 1. The number of nitrogens with one attached hydrogen (secondary N) is 2. The van der Waals surface area contributed by atoms with Gasteiger partial charge in [0.1, 0.15) is 17.2 Å². The fraction of sp³-hybridized carbons (Fsp3) is 0.208. The summed E-state index contributed by atoms with van der Waals surface area (Å²) >= 11 is 1.56. The molecule has 1 amide bonds. The van der Waals surface area contributed by atoms with Gasteiger partial charge in [-0.05, 0) is 30.3 Å². The van der Waals surface area contributed by atoms with Crippen LogP contribution in [-0.2, 0) is 4.74 Å². The second-order valence-corrected chi connectivity index (χ2v) is 8.48. The van der Waals surface area contributed by atoms with E-state index in [4.69, 9.17) is 14.5 Å². The number of fused-ring (bicyclic) bond motifs is 1. The number of amides is 1. The molecule has 0 spiro atoms. The van der Waals surface area contributed by atoms with E-state index in [-0.39, 0.29) is 5.91 Å². The molecule has 3 heterocycles. The number of ether oxygens (including phenoxy) is 2. The van der Waals surface area contributed by atoms with Gasteiger partial charge in [0.05, 0.1) is 34.8 Å². The van der Waals surface area contributed by atoms with Gasteiger partial charge in [-0.25, -0.2) is 4.98 Å². The molecule has 2 aromatic carbocycles. The summed E-state index contributed by atoms with van der Waals surface area (Å²) in [5.41, 5.74) is 3.36. The van der Waals surface area contributed by atoms with E-state index in [1.807, 2.05) is 30.3 Å². The maximum atomic E-state index is 11.8. The van der Waals surface area contributed by atoms with E-state index in [2.05, 4.69) is 32.7 Å². The molecule has 9 heteroatoms. The largest absolute Gasteiger partial charge is 0.457 e. The zero-order chi connectivity index (χ0) is 22.6. The van der Waals surface area contributed by atoms with Crippen LogP contribution in [0, 0.1) is 0 Å². The van der Waals surface area contributed by atoms with E-state index in [0.717, 1.165) is 53.0 Å². The predicted octanol–water partition coefficient (Wildman–Crippen LogP) is 4.42. The van der Waals surface area contributed by atoms with Crippen LogP contribution < -0.4 is 20.3 Å². The Morgan fingerprint density at radius 2 is 1.91 bits per heavy atom. The van der Waals surface area contributed by atoms with Crippen molar-refractivity contribution in [3.63, 3.8) is 0 Å². The van der Waals surface area contributed by atoms with Gasteiger partial charge in [0, 0.05) is 38.5 Å². The Morgan fingerprint density at radius 1 is 1.09 bits per heavy atom. The number of anilines is 3. The van der Waals surface area contributed by atoms with E-state index in [1.54, 1.807) is 36.7 Å². The molecule has 0 saturated carbocycles. The number of benzene rings is 2. The van der Waals surface area contributed by atoms with Gasteiger partial charge in [0.25, 0.3) is 5.91 Å². The summed E-state index contributed by atoms with van der Waals surface area (Å²) in [6, 6.07) is 17.3. The Kier molecular flexibility index (Phi) is 6.05. The lowest BCUT2D eigenvalue weighted by atomic mass is 10.2. The second kappa shape index (κ2) is 9.43. The molecule has 168 valence electrons. The molecule has 0 atom stereocenters. The fourth-order valence-corrected chi connectivity index (χ4v) is 4.57. The zero-order valence-electron chi connectivity index (χ0n) is 18.1. The van der Waals surface area contributed by atoms with Crippen molar-refractivity contribution in [2.45, 2.75) is 0 Å². The molecule has 1 aliphatic heterocycles. The molecule has 4 aromatic rings. The summed E-state index contributed by atoms with van der Waals surface area (Å²) in [5, 5.41) is 6.86. The van der Waals surface area contributed by atoms with Crippen molar-refractivity contribution in [3.8, 4) is 11.5 Å². The van der Waals surface area contributed by atoms with Crippen LogP contribution in [0.5, 0.6) is 11.5 Å². The Labute approximate surface area is 195 Å². The first-order valence-electron chi connectivity index (χ1n) is 10.6. The van der Waals surface area contributed by atoms with Gasteiger partial charge >= 0.3 is 0 Å². The maximum Gasteiger partial charge on any atom is 0.269 e. The minimum atomic E-state index is -0.258. The van der Waals surface area contributed by atoms with E-state index >= 15 is 0 Å². The van der Waals surface area contributed by atoms with Gasteiger partial charge in [0.2, 0.25) is 0 Å². The first-order valence-corrected chi connectivity index (χ1v) is 11.5. The average Bonchev–Trinajstić information content (AvgIpc) is 3.26. The molecular weight excluding hydrogens is 438 g/mol. The minimum Gasteiger partial charge on any atom is -0.457 e. The van der Waals surface area contributed by atoms with Crippen molar-refractivity contribution in [3.05, 3.63) is 66.5 Å². The highest BCUT2D eigenvalue weighted by atomic mass is 32.1. The first kappa shape index (κ1) is 21.2. The quantitative estimate of drug-likeness (QED) is 0.439. The van der Waals surface area contributed by atoms with Crippen LogP contribution in [0.15, 0.2) is 60.8 Å². The third-order valence-electron chi connectivity index (χ3n) is 5.28. The number of nitrogens with zero attached hydrogens (tertiary/aromatic N) is 3. The molecule has 0 aliphatic carbocycles. The number of thiazole rings is 1. The highest BCUT2D eigenvalue weighted by Gasteiger charge is 2.16. The highest BCUT2D eigenvalue weighted by Crippen LogP contribution is 2.35. The lowest BCUT2D eigenvalue weighted by molar-refractivity contribution is 0.0958. The van der Waals surface area contributed by atoms with Gasteiger partial charge in [-0.2, -0.15) is 0 Å². The van der Waals surface area contributed by atoms with Crippen LogP contribution in [-0.4, -0.2) is 49.2 Å². The number of aromatic nitrogens is 2. The SMILES string of the molecule is CNC(=O)c1cc(Oc2ccc3nc(Nc4ccccc4N4CCOCC4)sc3c2)ccn1. The third kappa shape index (κ3) is 4.74. The summed E-state index contributed by atoms with van der Waals surface area (Å²) in [5.74, 6) is 0.956. The van der Waals surface area contributed by atoms with Crippen LogP contribution in [0.2, 0.25) is 0 Å². The molecule has 1 saturated heterocycles. The van der Waals surface area contributed by atoms with Crippen LogP contribution in [0.25, 0.3) is 10.2 Å². The summed E-state index contributed by atoms with van der Waals surface area (Å²) in [6.45, 7) is 3.21. The summed E-state index contributed by atoms with van der Waals surface area (Å²) in [4.78, 5) is 22.9. The summed E-state index contributed by atoms with van der Waals surface area (Å²) in [6.07, 6.45) is 1.55. The van der Waals surface area contributed by atoms with Crippen LogP contribution >= 0.6 is 11.3 Å². The molecular formula is C24H23N5O3S. The maximum absolute atomic E-state index is 11.8. The number of pyridine rings is 1. The van der Waals surface area contributed by atoms with E-state index < -0.39 is 0 Å². The van der Waals surface area contributed by atoms with Gasteiger partial charge in [-0.15, -0.1) is 0 Å². The Bertz CT molecular complexity index is 1290. The summed E-state index contributed by atoms with van der Waals surface area (Å²) < 4.78 is 12.5. The Morgan fingerprint density at radius 3 is 2.76 bits per heavy atom. The molecule has 33 heavy (non-hydrogen) atoms. The number of rotatable bonds is 6. The standard InChI is InChI=1S/C24H23N5O3S/c1-25-23(30)20-14-17(8-9-26-20)32-16-6-7-19-22(15-16)33-24(28-19)27-18-4-2-3-5-21(18)29-10-12-31-13-11-29/h2-9,14-15H,10-13H2,1H3,(H,25,30)(H,27,28). The molecule has 0 bridgehead atoms. The van der Waals surface area contributed by atoms with E-state index in [1.165, 1.54) is 0 Å². The van der Waals surface area contributed by atoms with Crippen LogP contribution in [0.1, 0.15) is 10.5 Å². The number of hydrogen-bond donors (Lipinski definition) is 2. The van der Waals surface area contributed by atoms with E-state index in [9.17, 15) is 4.79 Å². The van der Waals surface area contributed by atoms with Crippen molar-refractivity contribution in [1.82, 2.24) is 15.3 Å². The molecule has 0 unspecified atom stereocenters. The van der Waals surface area contributed by atoms with Gasteiger partial charge in [0.15, 0.2) is 5.13 Å². The molecule has 8 nitrogen and oxygen atoms in total. The average molecular weight is 462 g/mol. The number of morpholine rings is 1. The normalized spacial score (nSPS) is 13.7. The summed E-state index contributed by atoms with van der Waals surface area (Å²) in [7, 11) is 1.57. The Balaban J connectivity index is 1.36. The van der Waals surface area contributed by atoms with Crippen molar-refractivity contribution in [2.75, 3.05) is 43.6 Å². The Hall–Kier alpha value is -3.69. The lowest BCUT2D eigenvalue weighted by Gasteiger charge is -2.30. The molecule has 1 fully saturated rings. The molecule has 0 radical (unpaired) electrons. The fourth-order valence-electron chi connectivity index (χ4n) is 3.66. The zero-order valence-corrected chi connectivity index (χ0v) is 18.9. The third-order valence-corrected chi connectivity index (χ3v) is 6.22. The molecule has 2 aromatic heterocycles. The van der Waals surface area contributed by atoms with Crippen molar-refractivity contribution in [1.29, 1.82) is 0 Å². The number of hydrogen-bond acceptors (Lipinski definition) is 8. The van der Waals surface area contributed by atoms with Crippen molar-refractivity contribution >= 4 is 44.0 Å². The predicted molar refractivity (Wildman–Crippen MR) is 130 cm³/mol. The van der Waals surface area contributed by atoms with Crippen LogP contribution in [0.3, 0.4) is 0 Å². The van der Waals surface area contributed by atoms with Gasteiger partial charge in [-0.1, -0.05) is 23.5 Å². The minimum absolute atomic E-state index is 0.258. The molecule has 2 N–H and O–H groups in total. The van der Waals surface area contributed by atoms with Crippen LogP contribution in [0.4, 0.5) is 16.5 Å². The lowest BCUT2D eigenvalue weighted by Crippen LogP contribution is -2.36. The molecule has 5 rings (SSSR count). The topological polar surface area (TPSA) is 88.6 Å². The highest BCUT2D eigenvalue weighted by molar-refractivity contribution is 7.22. The molecule has 1 aliphatic rings. The van der Waals surface area contributed by atoms with Gasteiger partial charge in [-0.3, -0.25) is 9.78 Å². The van der Waals surface area contributed by atoms with Crippen molar-refractivity contribution < 1.29 is 14.3 Å². The first-order chi connectivity index (χ1) is 16.2. The number of para-hydroxylation sites is 2.